The number of nitrogens with one attached hydrogen (secondary N) is 1. The van der Waals surface area contributed by atoms with Crippen LogP contribution < -0.4 is 5.32 Å². The Morgan fingerprint density at radius 2 is 2.00 bits per heavy atom. The fourth-order valence-electron chi connectivity index (χ4n) is 2.58. The zero-order chi connectivity index (χ0) is 13.3. The van der Waals surface area contributed by atoms with Crippen LogP contribution in [0.4, 0.5) is 0 Å². The van der Waals surface area contributed by atoms with Gasteiger partial charge < -0.3 is 10.1 Å². The molecule has 0 amide bonds. The van der Waals surface area contributed by atoms with Gasteiger partial charge in [0.15, 0.2) is 0 Å². The number of benzene rings is 1. The van der Waals surface area contributed by atoms with Gasteiger partial charge in [-0.25, -0.2) is 0 Å². The average molecular weight is 282 g/mol. The smallest absolute Gasteiger partial charge is 0.0952 e. The Balaban J connectivity index is 1.67. The van der Waals surface area contributed by atoms with E-state index in [1.165, 1.54) is 30.4 Å². The summed E-state index contributed by atoms with van der Waals surface area (Å²) in [7, 11) is 0. The molecule has 1 unspecified atom stereocenters. The van der Waals surface area contributed by atoms with Gasteiger partial charge in [0.05, 0.1) is 12.7 Å². The quantitative estimate of drug-likeness (QED) is 0.580. The predicted molar refractivity (Wildman–Crippen MR) is 80.9 cm³/mol. The Morgan fingerprint density at radius 3 is 2.89 bits per heavy atom. The van der Waals surface area contributed by atoms with E-state index >= 15 is 0 Å². The largest absolute Gasteiger partial charge is 0.372 e. The third-order valence-electron chi connectivity index (χ3n) is 3.66. The molecule has 1 N–H and O–H groups in total. The summed E-state index contributed by atoms with van der Waals surface area (Å²) in [5.41, 5.74) is 2.81. The van der Waals surface area contributed by atoms with Crippen LogP contribution in [0, 0.1) is 0 Å². The van der Waals surface area contributed by atoms with Crippen LogP contribution in [-0.2, 0) is 11.2 Å². The monoisotopic (exact) mass is 281 g/mol. The zero-order valence-corrected chi connectivity index (χ0v) is 12.3. The Kier molecular flexibility index (Phi) is 6.69. The van der Waals surface area contributed by atoms with E-state index in [-0.39, 0.29) is 6.10 Å². The molecule has 0 aliphatic carbocycles. The Morgan fingerprint density at radius 1 is 1.16 bits per heavy atom. The molecule has 0 fully saturated rings. The van der Waals surface area contributed by atoms with Crippen molar-refractivity contribution in [3.63, 3.8) is 0 Å². The topological polar surface area (TPSA) is 21.3 Å². The van der Waals surface area contributed by atoms with Gasteiger partial charge >= 0.3 is 0 Å². The van der Waals surface area contributed by atoms with Crippen LogP contribution in [-0.4, -0.2) is 25.6 Å². The van der Waals surface area contributed by atoms with Crippen molar-refractivity contribution in [3.05, 3.63) is 35.4 Å². The molecule has 1 heterocycles. The lowest BCUT2D eigenvalue weighted by molar-refractivity contribution is 0.0426. The highest BCUT2D eigenvalue weighted by Crippen LogP contribution is 2.26. The molecule has 0 spiro atoms. The number of halogens is 1. The normalized spacial score (nSPS) is 18.3. The summed E-state index contributed by atoms with van der Waals surface area (Å²) in [6.45, 7) is 2.84. The second kappa shape index (κ2) is 8.57. The van der Waals surface area contributed by atoms with E-state index in [4.69, 9.17) is 16.3 Å². The van der Waals surface area contributed by atoms with Gasteiger partial charge in [0.1, 0.15) is 0 Å². The Labute approximate surface area is 121 Å². The van der Waals surface area contributed by atoms with Crippen LogP contribution in [0.15, 0.2) is 24.3 Å². The lowest BCUT2D eigenvalue weighted by Crippen LogP contribution is -2.28. The van der Waals surface area contributed by atoms with Crippen LogP contribution in [0.5, 0.6) is 0 Å². The number of alkyl halides is 1. The summed E-state index contributed by atoms with van der Waals surface area (Å²) >= 11 is 5.66. The highest BCUT2D eigenvalue weighted by molar-refractivity contribution is 6.17. The van der Waals surface area contributed by atoms with Crippen molar-refractivity contribution in [1.82, 2.24) is 5.32 Å². The molecule has 3 heteroatoms. The van der Waals surface area contributed by atoms with Crippen molar-refractivity contribution < 1.29 is 4.74 Å². The molecule has 1 atom stereocenters. The van der Waals surface area contributed by atoms with Gasteiger partial charge in [0.2, 0.25) is 0 Å². The summed E-state index contributed by atoms with van der Waals surface area (Å²) in [6.07, 6.45) is 6.15. The van der Waals surface area contributed by atoms with Crippen LogP contribution in [0.3, 0.4) is 0 Å². The standard InChI is InChI=1S/C16H24ClNO/c17-10-5-1-2-6-11-18-13-16-15-8-4-3-7-14(15)9-12-19-16/h3-4,7-8,16,18H,1-2,5-6,9-13H2. The molecular weight excluding hydrogens is 258 g/mol. The van der Waals surface area contributed by atoms with Crippen LogP contribution in [0.25, 0.3) is 0 Å². The van der Waals surface area contributed by atoms with Crippen molar-refractivity contribution in [3.8, 4) is 0 Å². The predicted octanol–water partition coefficient (Wildman–Crippen LogP) is 3.69. The van der Waals surface area contributed by atoms with Gasteiger partial charge in [-0.05, 0) is 36.9 Å². The highest BCUT2D eigenvalue weighted by Gasteiger charge is 2.19. The summed E-state index contributed by atoms with van der Waals surface area (Å²) in [5, 5.41) is 3.51. The Hall–Kier alpha value is -0.570. The van der Waals surface area contributed by atoms with E-state index in [2.05, 4.69) is 29.6 Å². The number of hydrogen-bond donors (Lipinski definition) is 1. The lowest BCUT2D eigenvalue weighted by Gasteiger charge is -2.26. The lowest BCUT2D eigenvalue weighted by atomic mass is 9.97. The van der Waals surface area contributed by atoms with Crippen molar-refractivity contribution in [2.75, 3.05) is 25.6 Å². The van der Waals surface area contributed by atoms with Crippen molar-refractivity contribution in [2.45, 2.75) is 38.2 Å². The van der Waals surface area contributed by atoms with Crippen LogP contribution in [0.1, 0.15) is 42.9 Å². The Bertz CT molecular complexity index is 370. The fourth-order valence-corrected chi connectivity index (χ4v) is 2.77. The van der Waals surface area contributed by atoms with E-state index < -0.39 is 0 Å². The molecule has 0 aromatic heterocycles. The average Bonchev–Trinajstić information content (AvgIpc) is 2.46. The van der Waals surface area contributed by atoms with E-state index in [1.54, 1.807) is 0 Å². The summed E-state index contributed by atoms with van der Waals surface area (Å²) in [4.78, 5) is 0. The van der Waals surface area contributed by atoms with E-state index in [1.807, 2.05) is 0 Å². The third kappa shape index (κ3) is 4.79. The molecule has 1 aromatic rings. The molecule has 1 aliphatic rings. The first-order valence-electron chi connectivity index (χ1n) is 7.38. The second-order valence-electron chi connectivity index (χ2n) is 5.12. The van der Waals surface area contributed by atoms with Crippen molar-refractivity contribution in [1.29, 1.82) is 0 Å². The molecule has 0 saturated heterocycles. The van der Waals surface area contributed by atoms with Gasteiger partial charge in [-0.15, -0.1) is 11.6 Å². The highest BCUT2D eigenvalue weighted by atomic mass is 35.5. The number of ether oxygens (including phenoxy) is 1. The maximum absolute atomic E-state index is 5.87. The maximum Gasteiger partial charge on any atom is 0.0952 e. The first-order valence-corrected chi connectivity index (χ1v) is 7.91. The molecule has 0 bridgehead atoms. The molecule has 0 saturated carbocycles. The first kappa shape index (κ1) is 14.8. The SMILES string of the molecule is ClCCCCCCNCC1OCCc2ccccc21. The number of fused-ring (bicyclic) bond motifs is 1. The number of hydrogen-bond acceptors (Lipinski definition) is 2. The van der Waals surface area contributed by atoms with E-state index in [0.29, 0.717) is 0 Å². The summed E-state index contributed by atoms with van der Waals surface area (Å²) < 4.78 is 5.87. The minimum absolute atomic E-state index is 0.229. The van der Waals surface area contributed by atoms with Crippen molar-refractivity contribution >= 4 is 11.6 Å². The first-order chi connectivity index (χ1) is 9.42. The van der Waals surface area contributed by atoms with Crippen LogP contribution in [0.2, 0.25) is 0 Å². The van der Waals surface area contributed by atoms with Gasteiger partial charge in [-0.1, -0.05) is 37.1 Å². The fraction of sp³-hybridized carbons (Fsp3) is 0.625. The molecule has 0 radical (unpaired) electrons. The molecule has 1 aromatic carbocycles. The van der Waals surface area contributed by atoms with E-state index in [9.17, 15) is 0 Å². The van der Waals surface area contributed by atoms with E-state index in [0.717, 1.165) is 38.4 Å². The minimum atomic E-state index is 0.229. The van der Waals surface area contributed by atoms with Crippen molar-refractivity contribution in [2.24, 2.45) is 0 Å². The second-order valence-corrected chi connectivity index (χ2v) is 5.49. The number of unbranched alkanes of at least 4 members (excludes halogenated alkanes) is 3. The van der Waals surface area contributed by atoms with Gasteiger partial charge in [0, 0.05) is 12.4 Å². The van der Waals surface area contributed by atoms with Gasteiger partial charge in [-0.3, -0.25) is 0 Å². The zero-order valence-electron chi connectivity index (χ0n) is 11.5. The van der Waals surface area contributed by atoms with Gasteiger partial charge in [-0.2, -0.15) is 0 Å². The summed E-state index contributed by atoms with van der Waals surface area (Å²) in [6, 6.07) is 8.64. The molecule has 106 valence electrons. The maximum atomic E-state index is 5.87. The third-order valence-corrected chi connectivity index (χ3v) is 3.93. The minimum Gasteiger partial charge on any atom is -0.372 e. The molecule has 2 nitrogen and oxygen atoms in total. The van der Waals surface area contributed by atoms with Gasteiger partial charge in [0.25, 0.3) is 0 Å². The molecule has 19 heavy (non-hydrogen) atoms. The number of rotatable bonds is 8. The molecule has 1 aliphatic heterocycles. The molecular formula is C16H24ClNO. The van der Waals surface area contributed by atoms with Crippen LogP contribution >= 0.6 is 11.6 Å². The summed E-state index contributed by atoms with van der Waals surface area (Å²) in [5.74, 6) is 0.792. The molecule has 2 rings (SSSR count).